The SMILES string of the molecule is C=CCNC(=O)c1cnc(Nc2ccc(C3CC(N(C)C)C3)cc2)nc1Nc1cccc(C(C)(C)O)n1. The highest BCUT2D eigenvalue weighted by Crippen LogP contribution is 2.39. The van der Waals surface area contributed by atoms with Crippen molar-refractivity contribution < 1.29 is 9.90 Å². The number of benzene rings is 1. The van der Waals surface area contributed by atoms with Gasteiger partial charge in [0.15, 0.2) is 0 Å². The van der Waals surface area contributed by atoms with Gasteiger partial charge in [-0.15, -0.1) is 6.58 Å². The van der Waals surface area contributed by atoms with Crippen LogP contribution in [0, 0.1) is 0 Å². The number of hydrogen-bond acceptors (Lipinski definition) is 8. The monoisotopic (exact) mass is 501 g/mol. The topological polar surface area (TPSA) is 115 Å². The number of aromatic nitrogens is 3. The third-order valence-corrected chi connectivity index (χ3v) is 6.54. The first-order chi connectivity index (χ1) is 17.6. The van der Waals surface area contributed by atoms with E-state index in [4.69, 9.17) is 0 Å². The van der Waals surface area contributed by atoms with Crippen molar-refractivity contribution >= 4 is 29.2 Å². The Morgan fingerprint density at radius 2 is 1.86 bits per heavy atom. The van der Waals surface area contributed by atoms with E-state index in [1.165, 1.54) is 24.6 Å². The fourth-order valence-electron chi connectivity index (χ4n) is 4.18. The van der Waals surface area contributed by atoms with Crippen molar-refractivity contribution in [1.29, 1.82) is 0 Å². The number of carbonyl (C=O) groups is 1. The van der Waals surface area contributed by atoms with Gasteiger partial charge >= 0.3 is 0 Å². The van der Waals surface area contributed by atoms with Gasteiger partial charge in [-0.3, -0.25) is 4.79 Å². The highest BCUT2D eigenvalue weighted by Gasteiger charge is 2.31. The molecule has 0 saturated heterocycles. The maximum Gasteiger partial charge on any atom is 0.256 e. The fourth-order valence-corrected chi connectivity index (χ4v) is 4.18. The van der Waals surface area contributed by atoms with Crippen molar-refractivity contribution in [3.8, 4) is 0 Å². The van der Waals surface area contributed by atoms with Crippen LogP contribution in [0.4, 0.5) is 23.3 Å². The summed E-state index contributed by atoms with van der Waals surface area (Å²) in [6.07, 6.45) is 5.43. The van der Waals surface area contributed by atoms with Crippen molar-refractivity contribution in [3.63, 3.8) is 0 Å². The van der Waals surface area contributed by atoms with Gasteiger partial charge in [0, 0.05) is 24.5 Å². The Hall–Kier alpha value is -3.82. The van der Waals surface area contributed by atoms with Gasteiger partial charge in [0.05, 0.1) is 5.69 Å². The third kappa shape index (κ3) is 6.49. The average molecular weight is 502 g/mol. The van der Waals surface area contributed by atoms with Gasteiger partial charge in [-0.05, 0) is 76.5 Å². The Kier molecular flexibility index (Phi) is 7.85. The van der Waals surface area contributed by atoms with Gasteiger partial charge in [-0.25, -0.2) is 9.97 Å². The van der Waals surface area contributed by atoms with E-state index in [0.717, 1.165) is 5.69 Å². The average Bonchev–Trinajstić information content (AvgIpc) is 2.82. The molecule has 4 N–H and O–H groups in total. The minimum Gasteiger partial charge on any atom is -0.384 e. The Bertz CT molecular complexity index is 1250. The number of rotatable bonds is 10. The van der Waals surface area contributed by atoms with E-state index in [2.05, 4.69) is 68.6 Å². The molecule has 1 aromatic carbocycles. The zero-order valence-corrected chi connectivity index (χ0v) is 21.8. The predicted octanol–water partition coefficient (Wildman–Crippen LogP) is 4.31. The lowest BCUT2D eigenvalue weighted by Crippen LogP contribution is -2.39. The van der Waals surface area contributed by atoms with Crippen molar-refractivity contribution in [1.82, 2.24) is 25.2 Å². The van der Waals surface area contributed by atoms with Gasteiger partial charge in [0.2, 0.25) is 5.95 Å². The molecular formula is C28H35N7O2. The smallest absolute Gasteiger partial charge is 0.256 e. The molecule has 2 heterocycles. The second-order valence-electron chi connectivity index (χ2n) is 10.1. The predicted molar refractivity (Wildman–Crippen MR) is 147 cm³/mol. The van der Waals surface area contributed by atoms with Crippen LogP contribution in [0.3, 0.4) is 0 Å². The van der Waals surface area contributed by atoms with E-state index < -0.39 is 5.60 Å². The molecule has 0 spiro atoms. The highest BCUT2D eigenvalue weighted by molar-refractivity contribution is 5.99. The number of nitrogens with zero attached hydrogens (tertiary/aromatic N) is 4. The summed E-state index contributed by atoms with van der Waals surface area (Å²) in [6, 6.07) is 14.2. The van der Waals surface area contributed by atoms with E-state index in [9.17, 15) is 9.90 Å². The summed E-state index contributed by atoms with van der Waals surface area (Å²) in [6.45, 7) is 7.28. The van der Waals surface area contributed by atoms with Crippen LogP contribution in [0.5, 0.6) is 0 Å². The van der Waals surface area contributed by atoms with Gasteiger partial charge in [-0.1, -0.05) is 24.3 Å². The first-order valence-corrected chi connectivity index (χ1v) is 12.4. The highest BCUT2D eigenvalue weighted by atomic mass is 16.3. The van der Waals surface area contributed by atoms with Crippen molar-refractivity contribution in [3.05, 3.63) is 78.1 Å². The van der Waals surface area contributed by atoms with Gasteiger partial charge in [-0.2, -0.15) is 4.98 Å². The molecule has 194 valence electrons. The largest absolute Gasteiger partial charge is 0.384 e. The van der Waals surface area contributed by atoms with E-state index in [1.807, 2.05) is 12.1 Å². The van der Waals surface area contributed by atoms with Crippen LogP contribution in [0.15, 0.2) is 61.3 Å². The molecule has 0 aliphatic heterocycles. The van der Waals surface area contributed by atoms with Gasteiger partial charge in [0.1, 0.15) is 22.8 Å². The van der Waals surface area contributed by atoms with Crippen LogP contribution >= 0.6 is 0 Å². The Balaban J connectivity index is 1.54. The van der Waals surface area contributed by atoms with E-state index in [-0.39, 0.29) is 11.5 Å². The Labute approximate surface area is 218 Å². The minimum atomic E-state index is -1.11. The molecule has 0 radical (unpaired) electrons. The molecule has 1 aliphatic carbocycles. The fraction of sp³-hybridized carbons (Fsp3) is 0.357. The summed E-state index contributed by atoms with van der Waals surface area (Å²) >= 11 is 0. The van der Waals surface area contributed by atoms with Crippen LogP contribution in [-0.2, 0) is 5.60 Å². The Morgan fingerprint density at radius 1 is 1.14 bits per heavy atom. The van der Waals surface area contributed by atoms with Crippen molar-refractivity contribution in [2.24, 2.45) is 0 Å². The molecule has 37 heavy (non-hydrogen) atoms. The van der Waals surface area contributed by atoms with Gasteiger partial charge in [0.25, 0.3) is 5.91 Å². The number of amides is 1. The first kappa shape index (κ1) is 26.2. The molecule has 3 aromatic rings. The standard InChI is InChI=1S/C28H35N7O2/c1-6-14-29-26(36)22-17-30-27(34-25(22)33-24-9-7-8-23(32-24)28(2,3)37)31-20-12-10-18(11-13-20)19-15-21(16-19)35(4)5/h6-13,17,19,21,37H,1,14-16H2,2-5H3,(H,29,36)(H2,30,31,32,33,34). The molecule has 9 heteroatoms. The number of anilines is 4. The third-order valence-electron chi connectivity index (χ3n) is 6.54. The van der Waals surface area contributed by atoms with Crippen LogP contribution in [-0.4, -0.2) is 57.5 Å². The summed E-state index contributed by atoms with van der Waals surface area (Å²) in [5.41, 5.74) is 1.83. The zero-order valence-electron chi connectivity index (χ0n) is 21.8. The molecule has 9 nitrogen and oxygen atoms in total. The second-order valence-corrected chi connectivity index (χ2v) is 10.1. The molecule has 1 amide bonds. The van der Waals surface area contributed by atoms with E-state index in [1.54, 1.807) is 38.1 Å². The van der Waals surface area contributed by atoms with Gasteiger partial charge < -0.3 is 26.0 Å². The van der Waals surface area contributed by atoms with Crippen LogP contribution in [0.25, 0.3) is 0 Å². The minimum absolute atomic E-state index is 0.263. The zero-order chi connectivity index (χ0) is 26.6. The summed E-state index contributed by atoms with van der Waals surface area (Å²) in [4.78, 5) is 28.4. The summed E-state index contributed by atoms with van der Waals surface area (Å²) in [5, 5.41) is 19.4. The van der Waals surface area contributed by atoms with E-state index in [0.29, 0.717) is 41.8 Å². The lowest BCUT2D eigenvalue weighted by atomic mass is 9.75. The number of carbonyl (C=O) groups excluding carboxylic acids is 1. The lowest BCUT2D eigenvalue weighted by Gasteiger charge is -2.40. The molecule has 0 atom stereocenters. The van der Waals surface area contributed by atoms with Crippen LogP contribution in [0.1, 0.15) is 54.2 Å². The molecule has 4 rings (SSSR count). The first-order valence-electron chi connectivity index (χ1n) is 12.4. The quantitative estimate of drug-likeness (QED) is 0.304. The van der Waals surface area contributed by atoms with Crippen LogP contribution < -0.4 is 16.0 Å². The van der Waals surface area contributed by atoms with Crippen molar-refractivity contribution in [2.45, 2.75) is 44.2 Å². The number of hydrogen-bond donors (Lipinski definition) is 4. The van der Waals surface area contributed by atoms with E-state index >= 15 is 0 Å². The number of nitrogens with one attached hydrogen (secondary N) is 3. The maximum atomic E-state index is 12.7. The number of aliphatic hydroxyl groups is 1. The lowest BCUT2D eigenvalue weighted by molar-refractivity contribution is 0.0740. The maximum absolute atomic E-state index is 12.7. The molecule has 1 aliphatic rings. The normalized spacial score (nSPS) is 17.1. The molecular weight excluding hydrogens is 466 g/mol. The van der Waals surface area contributed by atoms with Crippen LogP contribution in [0.2, 0.25) is 0 Å². The second kappa shape index (κ2) is 11.1. The molecule has 0 unspecified atom stereocenters. The number of pyridine rings is 1. The molecule has 2 aromatic heterocycles. The molecule has 1 fully saturated rings. The summed E-state index contributed by atoms with van der Waals surface area (Å²) in [5.74, 6) is 1.33. The summed E-state index contributed by atoms with van der Waals surface area (Å²) in [7, 11) is 4.26. The molecule has 0 bridgehead atoms. The van der Waals surface area contributed by atoms with Crippen molar-refractivity contribution in [2.75, 3.05) is 31.3 Å². The summed E-state index contributed by atoms with van der Waals surface area (Å²) < 4.78 is 0. The molecule has 1 saturated carbocycles. The Morgan fingerprint density at radius 3 is 2.51 bits per heavy atom.